The van der Waals surface area contributed by atoms with Crippen molar-refractivity contribution in [1.29, 1.82) is 0 Å². The van der Waals surface area contributed by atoms with Crippen LogP contribution in [0.3, 0.4) is 0 Å². The first-order valence-corrected chi connectivity index (χ1v) is 12.0. The van der Waals surface area contributed by atoms with E-state index in [1.54, 1.807) is 9.69 Å². The highest BCUT2D eigenvalue weighted by Gasteiger charge is 2.23. The van der Waals surface area contributed by atoms with Crippen LogP contribution in [0.5, 0.6) is 11.5 Å². The van der Waals surface area contributed by atoms with Gasteiger partial charge in [-0.3, -0.25) is 9.59 Å². The van der Waals surface area contributed by atoms with Gasteiger partial charge in [0, 0.05) is 44.7 Å². The molecule has 0 saturated carbocycles. The maximum absolute atomic E-state index is 12.7. The van der Waals surface area contributed by atoms with Gasteiger partial charge in [-0.1, -0.05) is 30.3 Å². The van der Waals surface area contributed by atoms with Gasteiger partial charge < -0.3 is 15.4 Å². The second kappa shape index (κ2) is 10.1. The van der Waals surface area contributed by atoms with E-state index in [2.05, 4.69) is 9.97 Å². The summed E-state index contributed by atoms with van der Waals surface area (Å²) in [4.78, 5) is 35.1. The van der Waals surface area contributed by atoms with Gasteiger partial charge in [0.15, 0.2) is 5.65 Å². The highest BCUT2D eigenvalue weighted by Crippen LogP contribution is 2.34. The van der Waals surface area contributed by atoms with Crippen molar-refractivity contribution in [3.8, 4) is 22.6 Å². The first-order chi connectivity index (χ1) is 17.5. The Kier molecular flexibility index (Phi) is 6.53. The van der Waals surface area contributed by atoms with E-state index in [0.29, 0.717) is 48.5 Å². The Morgan fingerprint density at radius 2 is 1.83 bits per heavy atom. The van der Waals surface area contributed by atoms with Crippen LogP contribution in [0, 0.1) is 0 Å². The molecule has 1 fully saturated rings. The molecule has 2 amide bonds. The number of nitrogens with two attached hydrogens (primary N) is 1. The molecule has 184 valence electrons. The van der Waals surface area contributed by atoms with Crippen LogP contribution >= 0.6 is 0 Å². The van der Waals surface area contributed by atoms with Gasteiger partial charge in [0.05, 0.1) is 5.39 Å². The second-order valence-electron chi connectivity index (χ2n) is 8.76. The van der Waals surface area contributed by atoms with E-state index in [0.717, 1.165) is 29.8 Å². The highest BCUT2D eigenvalue weighted by molar-refractivity contribution is 6.01. The van der Waals surface area contributed by atoms with Crippen molar-refractivity contribution < 1.29 is 14.3 Å². The summed E-state index contributed by atoms with van der Waals surface area (Å²) in [5.74, 6) is 1.85. The fourth-order valence-electron chi connectivity index (χ4n) is 4.57. The predicted octanol–water partition coefficient (Wildman–Crippen LogP) is 3.97. The van der Waals surface area contributed by atoms with Crippen LogP contribution in [-0.2, 0) is 9.59 Å². The van der Waals surface area contributed by atoms with E-state index >= 15 is 0 Å². The maximum atomic E-state index is 12.7. The van der Waals surface area contributed by atoms with Gasteiger partial charge in [-0.25, -0.2) is 19.7 Å². The standard InChI is InChI=1S/C27H28N6O3/c1-19(34)32(16-6-15-31-14-5-9-24(31)35)33-17-23(25-26(28)29-18-30-27(25)33)20-10-12-22(13-11-20)36-21-7-3-2-4-8-21/h2-4,7-8,10-13,17-18H,5-6,9,14-16H2,1H3,(H2,28,29,30). The first-order valence-electron chi connectivity index (χ1n) is 12.0. The van der Waals surface area contributed by atoms with Gasteiger partial charge in [0.1, 0.15) is 23.6 Å². The number of likely N-dealkylation sites (tertiary alicyclic amines) is 1. The molecule has 1 aliphatic rings. The lowest BCUT2D eigenvalue weighted by atomic mass is 10.1. The third-order valence-electron chi connectivity index (χ3n) is 6.33. The second-order valence-corrected chi connectivity index (χ2v) is 8.76. The van der Waals surface area contributed by atoms with E-state index in [9.17, 15) is 9.59 Å². The van der Waals surface area contributed by atoms with Crippen molar-refractivity contribution in [2.75, 3.05) is 30.4 Å². The number of fused-ring (bicyclic) bond motifs is 1. The Morgan fingerprint density at radius 3 is 2.53 bits per heavy atom. The number of anilines is 1. The Labute approximate surface area is 209 Å². The summed E-state index contributed by atoms with van der Waals surface area (Å²) in [6.45, 7) is 3.36. The molecule has 4 aromatic rings. The topological polar surface area (TPSA) is 107 Å². The number of rotatable bonds is 8. The van der Waals surface area contributed by atoms with Crippen molar-refractivity contribution in [1.82, 2.24) is 19.5 Å². The number of para-hydroxylation sites is 1. The lowest BCUT2D eigenvalue weighted by Crippen LogP contribution is -2.40. The SMILES string of the molecule is CC(=O)N(CCCN1CCCC1=O)n1cc(-c2ccc(Oc3ccccc3)cc2)c2c(N)ncnc21. The molecule has 2 N–H and O–H groups in total. The number of nitrogen functional groups attached to an aromatic ring is 1. The van der Waals surface area contributed by atoms with Gasteiger partial charge in [-0.05, 0) is 42.7 Å². The number of hydrogen-bond donors (Lipinski definition) is 1. The van der Waals surface area contributed by atoms with E-state index < -0.39 is 0 Å². The molecule has 2 aromatic carbocycles. The molecule has 0 bridgehead atoms. The zero-order valence-corrected chi connectivity index (χ0v) is 20.1. The minimum absolute atomic E-state index is 0.130. The normalized spacial score (nSPS) is 13.4. The molecule has 0 spiro atoms. The lowest BCUT2D eigenvalue weighted by molar-refractivity contribution is -0.127. The molecule has 0 unspecified atom stereocenters. The zero-order valence-electron chi connectivity index (χ0n) is 20.1. The van der Waals surface area contributed by atoms with Crippen molar-refractivity contribution in [2.24, 2.45) is 0 Å². The molecule has 5 rings (SSSR count). The monoisotopic (exact) mass is 484 g/mol. The Bertz CT molecular complexity index is 1380. The van der Waals surface area contributed by atoms with Crippen molar-refractivity contribution in [2.45, 2.75) is 26.2 Å². The number of aromatic nitrogens is 3. The minimum atomic E-state index is -0.130. The largest absolute Gasteiger partial charge is 0.457 e. The number of ether oxygens (including phenoxy) is 1. The van der Waals surface area contributed by atoms with Crippen molar-refractivity contribution in [3.63, 3.8) is 0 Å². The molecule has 9 heteroatoms. The van der Waals surface area contributed by atoms with Crippen molar-refractivity contribution >= 4 is 28.7 Å². The van der Waals surface area contributed by atoms with Gasteiger partial charge in [0.25, 0.3) is 0 Å². The average molecular weight is 485 g/mol. The van der Waals surface area contributed by atoms with Gasteiger partial charge in [0.2, 0.25) is 11.8 Å². The number of benzene rings is 2. The fraction of sp³-hybridized carbons (Fsp3) is 0.259. The number of carbonyl (C=O) groups is 2. The molecule has 3 heterocycles. The Balaban J connectivity index is 1.44. The van der Waals surface area contributed by atoms with Crippen LogP contribution in [-0.4, -0.2) is 51.0 Å². The molecule has 9 nitrogen and oxygen atoms in total. The fourth-order valence-corrected chi connectivity index (χ4v) is 4.57. The van der Waals surface area contributed by atoms with Gasteiger partial charge >= 0.3 is 0 Å². The molecule has 1 aliphatic heterocycles. The summed E-state index contributed by atoms with van der Waals surface area (Å²) in [5, 5.41) is 2.31. The third-order valence-corrected chi connectivity index (χ3v) is 6.33. The first kappa shape index (κ1) is 23.3. The number of hydrogen-bond acceptors (Lipinski definition) is 6. The summed E-state index contributed by atoms with van der Waals surface area (Å²) < 4.78 is 7.66. The lowest BCUT2D eigenvalue weighted by Gasteiger charge is -2.24. The quantitative estimate of drug-likeness (QED) is 0.406. The molecular weight excluding hydrogens is 456 g/mol. The predicted molar refractivity (Wildman–Crippen MR) is 138 cm³/mol. The van der Waals surface area contributed by atoms with Crippen LogP contribution < -0.4 is 15.5 Å². The maximum Gasteiger partial charge on any atom is 0.238 e. The highest BCUT2D eigenvalue weighted by atomic mass is 16.5. The van der Waals surface area contributed by atoms with Crippen molar-refractivity contribution in [3.05, 3.63) is 67.1 Å². The number of carbonyl (C=O) groups excluding carboxylic acids is 2. The third kappa shape index (κ3) is 4.72. The van der Waals surface area contributed by atoms with E-state index in [1.807, 2.05) is 65.7 Å². The van der Waals surface area contributed by atoms with E-state index in [1.165, 1.54) is 13.3 Å². The Hall–Kier alpha value is -4.40. The summed E-state index contributed by atoms with van der Waals surface area (Å²) >= 11 is 0. The zero-order chi connectivity index (χ0) is 25.1. The number of amides is 2. The Morgan fingerprint density at radius 1 is 1.08 bits per heavy atom. The van der Waals surface area contributed by atoms with Gasteiger partial charge in [-0.15, -0.1) is 0 Å². The molecule has 2 aromatic heterocycles. The van der Waals surface area contributed by atoms with Gasteiger partial charge in [-0.2, -0.15) is 0 Å². The number of nitrogens with zero attached hydrogens (tertiary/aromatic N) is 5. The van der Waals surface area contributed by atoms with E-state index in [4.69, 9.17) is 10.5 Å². The molecule has 36 heavy (non-hydrogen) atoms. The molecule has 0 aliphatic carbocycles. The van der Waals surface area contributed by atoms with Crippen LogP contribution in [0.4, 0.5) is 5.82 Å². The summed E-state index contributed by atoms with van der Waals surface area (Å²) in [6, 6.07) is 17.3. The molecular formula is C27H28N6O3. The van der Waals surface area contributed by atoms with E-state index in [-0.39, 0.29) is 11.8 Å². The average Bonchev–Trinajstić information content (AvgIpc) is 3.47. The molecule has 0 atom stereocenters. The summed E-state index contributed by atoms with van der Waals surface area (Å²) in [7, 11) is 0. The molecule has 1 saturated heterocycles. The summed E-state index contributed by atoms with van der Waals surface area (Å²) in [6.07, 6.45) is 5.42. The molecule has 0 radical (unpaired) electrons. The van der Waals surface area contributed by atoms with Crippen LogP contribution in [0.25, 0.3) is 22.2 Å². The van der Waals surface area contributed by atoms with Crippen LogP contribution in [0.1, 0.15) is 26.2 Å². The smallest absolute Gasteiger partial charge is 0.238 e. The summed E-state index contributed by atoms with van der Waals surface area (Å²) in [5.41, 5.74) is 8.54. The van der Waals surface area contributed by atoms with Crippen LogP contribution in [0.2, 0.25) is 0 Å². The minimum Gasteiger partial charge on any atom is -0.457 e. The van der Waals surface area contributed by atoms with Crippen LogP contribution in [0.15, 0.2) is 67.1 Å².